The molecule has 0 aliphatic carbocycles. The van der Waals surface area contributed by atoms with Crippen molar-refractivity contribution in [3.63, 3.8) is 0 Å². The molecule has 0 radical (unpaired) electrons. The molecule has 1 aliphatic rings. The lowest BCUT2D eigenvalue weighted by molar-refractivity contribution is 0.153. The van der Waals surface area contributed by atoms with E-state index >= 15 is 0 Å². The Morgan fingerprint density at radius 1 is 1.22 bits per heavy atom. The molecule has 1 fully saturated rings. The van der Waals surface area contributed by atoms with Gasteiger partial charge in [0.25, 0.3) is 0 Å². The molecule has 128 valence electrons. The van der Waals surface area contributed by atoms with Crippen LogP contribution in [0.15, 0.2) is 12.1 Å². The van der Waals surface area contributed by atoms with Crippen LogP contribution in [0.25, 0.3) is 0 Å². The molecular weight excluding hydrogens is 328 g/mol. The van der Waals surface area contributed by atoms with Crippen molar-refractivity contribution in [1.82, 2.24) is 15.1 Å². The molecule has 0 bridgehead atoms. The van der Waals surface area contributed by atoms with Gasteiger partial charge in [0, 0.05) is 32.7 Å². The van der Waals surface area contributed by atoms with E-state index in [1.807, 2.05) is 19.9 Å². The number of anilines is 1. The monoisotopic (exact) mass is 354 g/mol. The minimum absolute atomic E-state index is 0.636. The molecule has 0 aromatic heterocycles. The molecule has 0 unspecified atom stereocenters. The summed E-state index contributed by atoms with van der Waals surface area (Å²) in [6.45, 7) is 10.7. The SMILES string of the molecule is Cc1cc(C)c(NC(=S)NCCCN2CCN(C)CC2)c(Cl)c1. The van der Waals surface area contributed by atoms with Crippen LogP contribution >= 0.6 is 23.8 Å². The van der Waals surface area contributed by atoms with Crippen molar-refractivity contribution in [1.29, 1.82) is 0 Å². The minimum Gasteiger partial charge on any atom is -0.362 e. The third-order valence-electron chi connectivity index (χ3n) is 4.20. The number of aryl methyl sites for hydroxylation is 2. The lowest BCUT2D eigenvalue weighted by atomic mass is 10.1. The number of hydrogen-bond donors (Lipinski definition) is 2. The van der Waals surface area contributed by atoms with Crippen molar-refractivity contribution in [3.8, 4) is 0 Å². The number of piperazine rings is 1. The van der Waals surface area contributed by atoms with Crippen LogP contribution in [-0.2, 0) is 0 Å². The molecule has 1 heterocycles. The highest BCUT2D eigenvalue weighted by Gasteiger charge is 2.13. The van der Waals surface area contributed by atoms with Crippen molar-refractivity contribution < 1.29 is 0 Å². The second-order valence-corrected chi connectivity index (χ2v) is 7.13. The van der Waals surface area contributed by atoms with Crippen molar-refractivity contribution in [3.05, 3.63) is 28.3 Å². The van der Waals surface area contributed by atoms with E-state index in [-0.39, 0.29) is 0 Å². The van der Waals surface area contributed by atoms with Crippen molar-refractivity contribution >= 4 is 34.6 Å². The summed E-state index contributed by atoms with van der Waals surface area (Å²) in [5.74, 6) is 0. The van der Waals surface area contributed by atoms with Gasteiger partial charge in [-0.1, -0.05) is 17.7 Å². The lowest BCUT2D eigenvalue weighted by Crippen LogP contribution is -2.45. The van der Waals surface area contributed by atoms with Gasteiger partial charge in [0.1, 0.15) is 0 Å². The number of thiocarbonyl (C=S) groups is 1. The van der Waals surface area contributed by atoms with E-state index in [2.05, 4.69) is 33.5 Å². The number of nitrogens with zero attached hydrogens (tertiary/aromatic N) is 2. The first-order chi connectivity index (χ1) is 11.0. The second kappa shape index (κ2) is 8.83. The number of likely N-dealkylation sites (N-methyl/N-ethyl adjacent to an activating group) is 1. The smallest absolute Gasteiger partial charge is 0.170 e. The molecule has 6 heteroatoms. The van der Waals surface area contributed by atoms with E-state index in [1.165, 1.54) is 13.1 Å². The summed E-state index contributed by atoms with van der Waals surface area (Å²) in [7, 11) is 2.18. The number of rotatable bonds is 5. The Balaban J connectivity index is 1.69. The number of nitrogens with one attached hydrogen (secondary N) is 2. The Labute approximate surface area is 150 Å². The molecule has 1 aromatic rings. The van der Waals surface area contributed by atoms with Crippen LogP contribution in [0.3, 0.4) is 0 Å². The van der Waals surface area contributed by atoms with Gasteiger partial charge in [-0.05, 0) is 63.3 Å². The zero-order chi connectivity index (χ0) is 16.8. The summed E-state index contributed by atoms with van der Waals surface area (Å²) in [4.78, 5) is 4.89. The number of halogens is 1. The van der Waals surface area contributed by atoms with E-state index in [9.17, 15) is 0 Å². The Bertz CT molecular complexity index is 518. The van der Waals surface area contributed by atoms with E-state index in [0.717, 1.165) is 49.4 Å². The molecule has 0 atom stereocenters. The molecule has 2 N–H and O–H groups in total. The van der Waals surface area contributed by atoms with Gasteiger partial charge in [-0.15, -0.1) is 0 Å². The normalized spacial score (nSPS) is 16.3. The van der Waals surface area contributed by atoms with Crippen molar-refractivity contribution in [2.24, 2.45) is 0 Å². The second-order valence-electron chi connectivity index (χ2n) is 6.32. The molecule has 23 heavy (non-hydrogen) atoms. The highest BCUT2D eigenvalue weighted by Crippen LogP contribution is 2.27. The Morgan fingerprint density at radius 2 is 1.91 bits per heavy atom. The highest BCUT2D eigenvalue weighted by atomic mass is 35.5. The first kappa shape index (κ1) is 18.5. The van der Waals surface area contributed by atoms with Crippen molar-refractivity contribution in [2.75, 3.05) is 51.6 Å². The number of benzene rings is 1. The first-order valence-corrected chi connectivity index (χ1v) is 8.97. The summed E-state index contributed by atoms with van der Waals surface area (Å²) >= 11 is 11.7. The van der Waals surface area contributed by atoms with Gasteiger partial charge in [0.15, 0.2) is 5.11 Å². The van der Waals surface area contributed by atoms with Gasteiger partial charge in [0.05, 0.1) is 10.7 Å². The van der Waals surface area contributed by atoms with Gasteiger partial charge in [-0.2, -0.15) is 0 Å². The Morgan fingerprint density at radius 3 is 2.57 bits per heavy atom. The Kier molecular flexibility index (Phi) is 7.09. The average Bonchev–Trinajstić information content (AvgIpc) is 2.49. The van der Waals surface area contributed by atoms with Crippen LogP contribution in [0.5, 0.6) is 0 Å². The fraction of sp³-hybridized carbons (Fsp3) is 0.588. The molecule has 1 aromatic carbocycles. The maximum atomic E-state index is 6.29. The average molecular weight is 355 g/mol. The third-order valence-corrected chi connectivity index (χ3v) is 4.75. The van der Waals surface area contributed by atoms with Crippen molar-refractivity contribution in [2.45, 2.75) is 20.3 Å². The van der Waals surface area contributed by atoms with E-state index in [0.29, 0.717) is 10.1 Å². The summed E-state index contributed by atoms with van der Waals surface area (Å²) in [5.41, 5.74) is 3.16. The zero-order valence-corrected chi connectivity index (χ0v) is 15.9. The molecular formula is C17H27ClN4S. The van der Waals surface area contributed by atoms with Crippen LogP contribution in [0.2, 0.25) is 5.02 Å². The van der Waals surface area contributed by atoms with Gasteiger partial charge in [-0.25, -0.2) is 0 Å². The molecule has 1 saturated heterocycles. The first-order valence-electron chi connectivity index (χ1n) is 8.18. The molecule has 0 spiro atoms. The third kappa shape index (κ3) is 5.92. The van der Waals surface area contributed by atoms with E-state index in [4.69, 9.17) is 23.8 Å². The summed E-state index contributed by atoms with van der Waals surface area (Å²) in [6, 6.07) is 4.05. The largest absolute Gasteiger partial charge is 0.362 e. The Hall–Kier alpha value is -0.880. The lowest BCUT2D eigenvalue weighted by Gasteiger charge is -2.32. The van der Waals surface area contributed by atoms with Crippen LogP contribution in [-0.4, -0.2) is 61.2 Å². The fourth-order valence-corrected chi connectivity index (χ4v) is 3.38. The highest BCUT2D eigenvalue weighted by molar-refractivity contribution is 7.80. The van der Waals surface area contributed by atoms with Crippen LogP contribution in [0, 0.1) is 13.8 Å². The topological polar surface area (TPSA) is 30.5 Å². The quantitative estimate of drug-likeness (QED) is 0.627. The predicted molar refractivity (Wildman–Crippen MR) is 104 cm³/mol. The number of hydrogen-bond acceptors (Lipinski definition) is 3. The summed E-state index contributed by atoms with van der Waals surface area (Å²) in [6.07, 6.45) is 1.09. The maximum absolute atomic E-state index is 6.29. The molecule has 4 nitrogen and oxygen atoms in total. The zero-order valence-electron chi connectivity index (χ0n) is 14.3. The van der Waals surface area contributed by atoms with Crippen LogP contribution < -0.4 is 10.6 Å². The van der Waals surface area contributed by atoms with Gasteiger partial charge < -0.3 is 20.4 Å². The molecule has 0 amide bonds. The molecule has 2 rings (SSSR count). The molecule has 0 saturated carbocycles. The molecule has 1 aliphatic heterocycles. The van der Waals surface area contributed by atoms with Crippen LogP contribution in [0.1, 0.15) is 17.5 Å². The van der Waals surface area contributed by atoms with E-state index in [1.54, 1.807) is 0 Å². The van der Waals surface area contributed by atoms with E-state index < -0.39 is 0 Å². The standard InChI is InChI=1S/C17H27ClN4S/c1-13-11-14(2)16(15(18)12-13)20-17(23)19-5-4-6-22-9-7-21(3)8-10-22/h11-12H,4-10H2,1-3H3,(H2,19,20,23). The van der Waals surface area contributed by atoms with Gasteiger partial charge in [0.2, 0.25) is 0 Å². The maximum Gasteiger partial charge on any atom is 0.170 e. The van der Waals surface area contributed by atoms with Crippen LogP contribution in [0.4, 0.5) is 5.69 Å². The summed E-state index contributed by atoms with van der Waals surface area (Å²) in [5, 5.41) is 7.84. The van der Waals surface area contributed by atoms with Gasteiger partial charge in [-0.3, -0.25) is 0 Å². The minimum atomic E-state index is 0.636. The van der Waals surface area contributed by atoms with Gasteiger partial charge >= 0.3 is 0 Å². The summed E-state index contributed by atoms with van der Waals surface area (Å²) < 4.78 is 0. The fourth-order valence-electron chi connectivity index (χ4n) is 2.81. The predicted octanol–water partition coefficient (Wildman–Crippen LogP) is 2.88.